The number of nitrogens with two attached hydrogens (primary N) is 1. The minimum Gasteiger partial charge on any atom is -0.319 e. The Morgan fingerprint density at radius 3 is 2.55 bits per heavy atom. The number of benzene rings is 1. The van der Waals surface area contributed by atoms with E-state index in [0.717, 1.165) is 31.5 Å². The largest absolute Gasteiger partial charge is 0.322 e. The molecule has 9 heteroatoms. The number of aromatic nitrogens is 1. The van der Waals surface area contributed by atoms with E-state index in [9.17, 15) is 13.2 Å². The Morgan fingerprint density at radius 2 is 1.93 bits per heavy atom. The van der Waals surface area contributed by atoms with Gasteiger partial charge in [-0.2, -0.15) is 0 Å². The number of nitrogens with zero attached hydrogens (tertiary/aromatic N) is 3. The number of urea groups is 1. The predicted molar refractivity (Wildman–Crippen MR) is 112 cm³/mol. The summed E-state index contributed by atoms with van der Waals surface area (Å²) in [6.45, 7) is 5.25. The van der Waals surface area contributed by atoms with Gasteiger partial charge in [-0.25, -0.2) is 18.4 Å². The van der Waals surface area contributed by atoms with Crippen molar-refractivity contribution in [3.8, 4) is 0 Å². The average molecular weight is 418 g/mol. The van der Waals surface area contributed by atoms with Gasteiger partial charge in [0.2, 0.25) is 10.0 Å². The number of carbonyl (C=O) groups excluding carboxylic acids is 1. The molecule has 1 aliphatic rings. The molecular formula is C20H27N5O3S. The highest BCUT2D eigenvalue weighted by molar-refractivity contribution is 7.89. The summed E-state index contributed by atoms with van der Waals surface area (Å²) in [7, 11) is -3.76. The molecule has 1 fully saturated rings. The Labute approximate surface area is 171 Å². The molecule has 8 nitrogen and oxygen atoms in total. The van der Waals surface area contributed by atoms with E-state index in [2.05, 4.69) is 22.1 Å². The van der Waals surface area contributed by atoms with Crippen LogP contribution >= 0.6 is 0 Å². The summed E-state index contributed by atoms with van der Waals surface area (Å²) in [6, 6.07) is 9.74. The van der Waals surface area contributed by atoms with E-state index in [4.69, 9.17) is 5.14 Å². The van der Waals surface area contributed by atoms with Gasteiger partial charge in [0, 0.05) is 37.2 Å². The van der Waals surface area contributed by atoms with Crippen LogP contribution in [0.3, 0.4) is 0 Å². The third-order valence-corrected chi connectivity index (χ3v) is 6.11. The van der Waals surface area contributed by atoms with Crippen molar-refractivity contribution in [1.82, 2.24) is 14.8 Å². The molecule has 3 rings (SSSR count). The highest BCUT2D eigenvalue weighted by atomic mass is 32.2. The predicted octanol–water partition coefficient (Wildman–Crippen LogP) is 2.25. The number of likely N-dealkylation sites (N-methyl/N-ethyl adjacent to an activating group) is 1. The molecule has 1 aromatic heterocycles. The Morgan fingerprint density at radius 1 is 1.24 bits per heavy atom. The van der Waals surface area contributed by atoms with Gasteiger partial charge in [0.05, 0.1) is 4.90 Å². The van der Waals surface area contributed by atoms with Gasteiger partial charge >= 0.3 is 6.03 Å². The van der Waals surface area contributed by atoms with E-state index >= 15 is 0 Å². The average Bonchev–Trinajstić information content (AvgIpc) is 3.15. The number of carbonyl (C=O) groups is 1. The van der Waals surface area contributed by atoms with Crippen LogP contribution in [0.2, 0.25) is 0 Å². The molecule has 2 aromatic rings. The van der Waals surface area contributed by atoms with Crippen LogP contribution in [0.4, 0.5) is 10.5 Å². The van der Waals surface area contributed by atoms with E-state index < -0.39 is 10.0 Å². The van der Waals surface area contributed by atoms with Gasteiger partial charge in [0.15, 0.2) is 0 Å². The minimum absolute atomic E-state index is 0.00804. The molecule has 0 aliphatic carbocycles. The first kappa shape index (κ1) is 21.2. The Kier molecular flexibility index (Phi) is 6.83. The SMILES string of the molecule is CCN1CCCC1CN(Cc1ccncc1)C(=O)Nc1ccc(S(N)(=O)=O)cc1. The van der Waals surface area contributed by atoms with Gasteiger partial charge in [-0.3, -0.25) is 9.88 Å². The van der Waals surface area contributed by atoms with Gasteiger partial charge in [-0.05, 0) is 67.9 Å². The molecule has 156 valence electrons. The molecule has 3 N–H and O–H groups in total. The molecule has 1 aliphatic heterocycles. The molecule has 29 heavy (non-hydrogen) atoms. The van der Waals surface area contributed by atoms with Crippen molar-refractivity contribution in [3.05, 3.63) is 54.4 Å². The van der Waals surface area contributed by atoms with Crippen LogP contribution < -0.4 is 10.5 Å². The number of hydrogen-bond acceptors (Lipinski definition) is 5. The van der Waals surface area contributed by atoms with Crippen LogP contribution in [-0.2, 0) is 16.6 Å². The van der Waals surface area contributed by atoms with E-state index in [1.165, 1.54) is 24.3 Å². The number of anilines is 1. The number of amides is 2. The van der Waals surface area contributed by atoms with Crippen LogP contribution in [-0.4, -0.2) is 54.9 Å². The molecule has 0 saturated carbocycles. The smallest absolute Gasteiger partial charge is 0.319 e. The van der Waals surface area contributed by atoms with Gasteiger partial charge in [-0.15, -0.1) is 0 Å². The summed E-state index contributed by atoms with van der Waals surface area (Å²) >= 11 is 0. The third-order valence-electron chi connectivity index (χ3n) is 5.18. The fraction of sp³-hybridized carbons (Fsp3) is 0.400. The number of pyridine rings is 1. The number of sulfonamides is 1. The fourth-order valence-corrected chi connectivity index (χ4v) is 4.15. The maximum Gasteiger partial charge on any atom is 0.322 e. The van der Waals surface area contributed by atoms with Crippen molar-refractivity contribution in [3.63, 3.8) is 0 Å². The molecule has 2 heterocycles. The molecule has 1 saturated heterocycles. The lowest BCUT2D eigenvalue weighted by molar-refractivity contribution is 0.175. The zero-order valence-electron chi connectivity index (χ0n) is 16.5. The van der Waals surface area contributed by atoms with Gasteiger partial charge in [-0.1, -0.05) is 6.92 Å². The van der Waals surface area contributed by atoms with Gasteiger partial charge < -0.3 is 10.2 Å². The van der Waals surface area contributed by atoms with Gasteiger partial charge in [0.1, 0.15) is 0 Å². The summed E-state index contributed by atoms with van der Waals surface area (Å²) < 4.78 is 22.8. The lowest BCUT2D eigenvalue weighted by Gasteiger charge is -2.30. The van der Waals surface area contributed by atoms with Crippen molar-refractivity contribution in [2.24, 2.45) is 5.14 Å². The molecule has 1 aromatic carbocycles. The second kappa shape index (κ2) is 9.34. The Balaban J connectivity index is 1.74. The quantitative estimate of drug-likeness (QED) is 0.718. The number of nitrogens with one attached hydrogen (secondary N) is 1. The van der Waals surface area contributed by atoms with Crippen LogP contribution in [0.15, 0.2) is 53.7 Å². The number of hydrogen-bond donors (Lipinski definition) is 2. The molecule has 1 unspecified atom stereocenters. The summed E-state index contributed by atoms with van der Waals surface area (Å²) in [5.74, 6) is 0. The van der Waals surface area contributed by atoms with Gasteiger partial charge in [0.25, 0.3) is 0 Å². The van der Waals surface area contributed by atoms with Crippen molar-refractivity contribution in [2.75, 3.05) is 25.0 Å². The third kappa shape index (κ3) is 5.75. The molecule has 0 radical (unpaired) electrons. The van der Waals surface area contributed by atoms with Crippen molar-refractivity contribution < 1.29 is 13.2 Å². The van der Waals surface area contributed by atoms with Crippen LogP contribution in [0.1, 0.15) is 25.3 Å². The highest BCUT2D eigenvalue weighted by Crippen LogP contribution is 2.20. The van der Waals surface area contributed by atoms with E-state index in [1.807, 2.05) is 12.1 Å². The van der Waals surface area contributed by atoms with Crippen LogP contribution in [0, 0.1) is 0 Å². The van der Waals surface area contributed by atoms with Crippen LogP contribution in [0.25, 0.3) is 0 Å². The molecular weight excluding hydrogens is 390 g/mol. The number of rotatable bonds is 7. The topological polar surface area (TPSA) is 109 Å². The first-order valence-corrected chi connectivity index (χ1v) is 11.2. The van der Waals surface area contributed by atoms with E-state index in [1.54, 1.807) is 17.3 Å². The monoisotopic (exact) mass is 417 g/mol. The van der Waals surface area contributed by atoms with E-state index in [-0.39, 0.29) is 10.9 Å². The second-order valence-electron chi connectivity index (χ2n) is 7.16. The van der Waals surface area contributed by atoms with Crippen LogP contribution in [0.5, 0.6) is 0 Å². The normalized spacial score (nSPS) is 17.2. The zero-order chi connectivity index (χ0) is 20.9. The maximum atomic E-state index is 13.0. The molecule has 0 bridgehead atoms. The van der Waals surface area contributed by atoms with Crippen molar-refractivity contribution in [2.45, 2.75) is 37.2 Å². The van der Waals surface area contributed by atoms with Crippen molar-refractivity contribution in [1.29, 1.82) is 0 Å². The standard InChI is InChI=1S/C20H27N5O3S/c1-2-24-13-3-4-18(24)15-25(14-16-9-11-22-12-10-16)20(26)23-17-5-7-19(8-6-17)29(21,27)28/h5-12,18H,2-4,13-15H2,1H3,(H,23,26)(H2,21,27,28). The first-order valence-electron chi connectivity index (χ1n) is 9.68. The Hall–Kier alpha value is -2.49. The van der Waals surface area contributed by atoms with E-state index in [0.29, 0.717) is 24.8 Å². The minimum atomic E-state index is -3.76. The lowest BCUT2D eigenvalue weighted by atomic mass is 10.2. The molecule has 1 atom stereocenters. The number of likely N-dealkylation sites (tertiary alicyclic amines) is 1. The summed E-state index contributed by atoms with van der Waals surface area (Å²) in [5.41, 5.74) is 1.52. The first-order chi connectivity index (χ1) is 13.9. The molecule has 0 spiro atoms. The summed E-state index contributed by atoms with van der Waals surface area (Å²) in [6.07, 6.45) is 5.63. The molecule has 2 amide bonds. The summed E-state index contributed by atoms with van der Waals surface area (Å²) in [5, 5.41) is 7.99. The Bertz CT molecular complexity index is 919. The maximum absolute atomic E-state index is 13.0. The summed E-state index contributed by atoms with van der Waals surface area (Å²) in [4.78, 5) is 21.3. The lowest BCUT2D eigenvalue weighted by Crippen LogP contribution is -2.44. The second-order valence-corrected chi connectivity index (χ2v) is 8.72. The fourth-order valence-electron chi connectivity index (χ4n) is 3.63. The van der Waals surface area contributed by atoms with Crippen molar-refractivity contribution >= 4 is 21.7 Å². The highest BCUT2D eigenvalue weighted by Gasteiger charge is 2.27. The zero-order valence-corrected chi connectivity index (χ0v) is 17.3. The number of primary sulfonamides is 1.